The molecule has 176 valence electrons. The summed E-state index contributed by atoms with van der Waals surface area (Å²) in [5.41, 5.74) is 5.78. The number of aryl methyl sites for hydroxylation is 4. The molecule has 34 heavy (non-hydrogen) atoms. The molecule has 3 aromatic heterocycles. The molecule has 0 spiro atoms. The molecule has 0 aliphatic heterocycles. The van der Waals surface area contributed by atoms with E-state index in [0.717, 1.165) is 33.0 Å². The first-order chi connectivity index (χ1) is 16.1. The van der Waals surface area contributed by atoms with Gasteiger partial charge in [0.2, 0.25) is 0 Å². The largest absolute Gasteiger partial charge is 0.451 e. The number of fused-ring (bicyclic) bond motifs is 1. The third kappa shape index (κ3) is 4.72. The van der Waals surface area contributed by atoms with Crippen LogP contribution in [0.5, 0.6) is 0 Å². The number of hydrogen-bond acceptors (Lipinski definition) is 6. The van der Waals surface area contributed by atoms with Gasteiger partial charge in [-0.2, -0.15) is 5.10 Å². The number of carbonyl (C=O) groups is 1. The summed E-state index contributed by atoms with van der Waals surface area (Å²) in [6, 6.07) is 8.35. The highest BCUT2D eigenvalue weighted by molar-refractivity contribution is 7.18. The molecule has 4 aromatic rings. The van der Waals surface area contributed by atoms with Gasteiger partial charge < -0.3 is 9.72 Å². The Morgan fingerprint density at radius 2 is 1.88 bits per heavy atom. The van der Waals surface area contributed by atoms with Gasteiger partial charge in [-0.15, -0.1) is 11.3 Å². The van der Waals surface area contributed by atoms with Crippen molar-refractivity contribution in [2.45, 2.75) is 54.2 Å². The van der Waals surface area contributed by atoms with E-state index in [2.05, 4.69) is 46.3 Å². The SMILES string of the molecule is Cc1ccc(Cn2nc(C)c(/C=C/C(=O)OC(C)c3nc4sc(C)c(C)c4c(=O)[nH]3)c2C)cc1. The minimum Gasteiger partial charge on any atom is -0.451 e. The number of hydrogen-bond donors (Lipinski definition) is 1. The second-order valence-electron chi connectivity index (χ2n) is 8.55. The molecule has 0 aliphatic rings. The van der Waals surface area contributed by atoms with Crippen LogP contribution in [0.25, 0.3) is 16.3 Å². The maximum Gasteiger partial charge on any atom is 0.331 e. The first-order valence-electron chi connectivity index (χ1n) is 11.1. The molecule has 7 nitrogen and oxygen atoms in total. The third-order valence-corrected chi connectivity index (χ3v) is 7.11. The Bertz CT molecular complexity index is 1460. The number of esters is 1. The van der Waals surface area contributed by atoms with Gasteiger partial charge in [-0.1, -0.05) is 29.8 Å². The van der Waals surface area contributed by atoms with Crippen molar-refractivity contribution in [1.82, 2.24) is 19.7 Å². The molecule has 1 unspecified atom stereocenters. The number of rotatable bonds is 6. The molecule has 0 saturated heterocycles. The Hall–Kier alpha value is -3.52. The van der Waals surface area contributed by atoms with Crippen LogP contribution >= 0.6 is 11.3 Å². The average Bonchev–Trinajstić information content (AvgIpc) is 3.22. The van der Waals surface area contributed by atoms with Gasteiger partial charge in [-0.05, 0) is 58.7 Å². The smallest absolute Gasteiger partial charge is 0.331 e. The molecule has 0 radical (unpaired) electrons. The summed E-state index contributed by atoms with van der Waals surface area (Å²) in [6.07, 6.45) is 2.42. The standard InChI is InChI=1S/C26H28N4O3S/c1-14-7-9-20(10-8-14)13-30-17(4)21(16(3)29-30)11-12-22(31)33-18(5)24-27-25(32)23-15(2)19(6)34-26(23)28-24/h7-12,18H,13H2,1-6H3,(H,27,28,32)/b12-11+. The summed E-state index contributed by atoms with van der Waals surface area (Å²) < 4.78 is 7.44. The molecule has 1 atom stereocenters. The predicted molar refractivity (Wildman–Crippen MR) is 135 cm³/mol. The molecule has 3 heterocycles. The minimum absolute atomic E-state index is 0.215. The van der Waals surface area contributed by atoms with Crippen LogP contribution in [-0.2, 0) is 16.1 Å². The maximum absolute atomic E-state index is 12.5. The zero-order chi connectivity index (χ0) is 24.6. The van der Waals surface area contributed by atoms with E-state index >= 15 is 0 Å². The molecule has 0 amide bonds. The lowest BCUT2D eigenvalue weighted by atomic mass is 10.1. The Labute approximate surface area is 202 Å². The highest BCUT2D eigenvalue weighted by Crippen LogP contribution is 2.27. The quantitative estimate of drug-likeness (QED) is 0.309. The van der Waals surface area contributed by atoms with Gasteiger partial charge >= 0.3 is 5.97 Å². The second-order valence-corrected chi connectivity index (χ2v) is 9.76. The molecule has 0 bridgehead atoms. The molecule has 4 rings (SSSR count). The third-order valence-electron chi connectivity index (χ3n) is 6.01. The minimum atomic E-state index is -0.691. The zero-order valence-electron chi connectivity index (χ0n) is 20.2. The van der Waals surface area contributed by atoms with E-state index in [1.54, 1.807) is 13.0 Å². The summed E-state index contributed by atoms with van der Waals surface area (Å²) in [6.45, 7) is 12.2. The maximum atomic E-state index is 12.5. The van der Waals surface area contributed by atoms with Crippen molar-refractivity contribution in [3.63, 3.8) is 0 Å². The van der Waals surface area contributed by atoms with Gasteiger partial charge in [-0.25, -0.2) is 9.78 Å². The highest BCUT2D eigenvalue weighted by Gasteiger charge is 2.18. The molecule has 1 aromatic carbocycles. The predicted octanol–water partition coefficient (Wildman–Crippen LogP) is 5.09. The van der Waals surface area contributed by atoms with Crippen LogP contribution in [-0.4, -0.2) is 25.7 Å². The second kappa shape index (κ2) is 9.38. The average molecular weight is 477 g/mol. The summed E-state index contributed by atoms with van der Waals surface area (Å²) in [4.78, 5) is 34.0. The first kappa shape index (κ1) is 23.6. The van der Waals surface area contributed by atoms with Gasteiger partial charge in [0.05, 0.1) is 17.6 Å². The fraction of sp³-hybridized carbons (Fsp3) is 0.308. The summed E-state index contributed by atoms with van der Waals surface area (Å²) in [5.74, 6) is -0.183. The molecular formula is C26H28N4O3S. The number of thiophene rings is 1. The van der Waals surface area contributed by atoms with Crippen molar-refractivity contribution in [2.75, 3.05) is 0 Å². The van der Waals surface area contributed by atoms with Crippen molar-refractivity contribution in [1.29, 1.82) is 0 Å². The number of carbonyl (C=O) groups excluding carboxylic acids is 1. The first-order valence-corrected chi connectivity index (χ1v) is 11.9. The fourth-order valence-electron chi connectivity index (χ4n) is 3.86. The summed E-state index contributed by atoms with van der Waals surface area (Å²) in [5, 5.41) is 5.22. The number of H-pyrrole nitrogens is 1. The van der Waals surface area contributed by atoms with Gasteiger partial charge in [0, 0.05) is 22.2 Å². The summed E-state index contributed by atoms with van der Waals surface area (Å²) >= 11 is 1.46. The van der Waals surface area contributed by atoms with Crippen LogP contribution in [0.4, 0.5) is 0 Å². The Morgan fingerprint density at radius 3 is 2.59 bits per heavy atom. The monoisotopic (exact) mass is 476 g/mol. The van der Waals surface area contributed by atoms with Crippen molar-refractivity contribution in [3.8, 4) is 0 Å². The van der Waals surface area contributed by atoms with Crippen LogP contribution in [0.1, 0.15) is 57.4 Å². The Morgan fingerprint density at radius 1 is 1.18 bits per heavy atom. The van der Waals surface area contributed by atoms with E-state index in [4.69, 9.17) is 4.74 Å². The lowest BCUT2D eigenvalue weighted by molar-refractivity contribution is -0.142. The van der Waals surface area contributed by atoms with Crippen LogP contribution in [0.3, 0.4) is 0 Å². The van der Waals surface area contributed by atoms with Crippen molar-refractivity contribution in [3.05, 3.63) is 85.0 Å². The van der Waals surface area contributed by atoms with Gasteiger partial charge in [0.25, 0.3) is 5.56 Å². The lowest BCUT2D eigenvalue weighted by Crippen LogP contribution is -2.16. The molecule has 8 heteroatoms. The summed E-state index contributed by atoms with van der Waals surface area (Å²) in [7, 11) is 0. The van der Waals surface area contributed by atoms with Crippen LogP contribution in [0, 0.1) is 34.6 Å². The fourth-order valence-corrected chi connectivity index (χ4v) is 4.89. The Kier molecular flexibility index (Phi) is 6.52. The van der Waals surface area contributed by atoms with Gasteiger partial charge in [0.15, 0.2) is 11.9 Å². The normalized spacial score (nSPS) is 12.5. The molecule has 0 saturated carbocycles. The zero-order valence-corrected chi connectivity index (χ0v) is 21.0. The topological polar surface area (TPSA) is 89.9 Å². The van der Waals surface area contributed by atoms with E-state index in [1.165, 1.54) is 23.0 Å². The van der Waals surface area contributed by atoms with Gasteiger partial charge in [0.1, 0.15) is 4.83 Å². The van der Waals surface area contributed by atoms with E-state index in [0.29, 0.717) is 22.6 Å². The lowest BCUT2D eigenvalue weighted by Gasteiger charge is -2.11. The Balaban J connectivity index is 1.48. The number of aromatic amines is 1. The highest BCUT2D eigenvalue weighted by atomic mass is 32.1. The van der Waals surface area contributed by atoms with Crippen molar-refractivity contribution >= 4 is 33.6 Å². The van der Waals surface area contributed by atoms with E-state index in [1.807, 2.05) is 32.4 Å². The molecule has 0 aliphatic carbocycles. The van der Waals surface area contributed by atoms with Crippen LogP contribution in [0.2, 0.25) is 0 Å². The molecular weight excluding hydrogens is 448 g/mol. The van der Waals surface area contributed by atoms with E-state index in [-0.39, 0.29) is 5.56 Å². The van der Waals surface area contributed by atoms with E-state index in [9.17, 15) is 9.59 Å². The van der Waals surface area contributed by atoms with Gasteiger partial charge in [-0.3, -0.25) is 9.48 Å². The van der Waals surface area contributed by atoms with Crippen molar-refractivity contribution < 1.29 is 9.53 Å². The molecule has 1 N–H and O–H groups in total. The number of ether oxygens (including phenoxy) is 1. The van der Waals surface area contributed by atoms with Crippen LogP contribution in [0.15, 0.2) is 35.1 Å². The van der Waals surface area contributed by atoms with Crippen LogP contribution < -0.4 is 5.56 Å². The number of nitrogens with one attached hydrogen (secondary N) is 1. The number of aromatic nitrogens is 4. The number of nitrogens with zero attached hydrogens (tertiary/aromatic N) is 3. The number of benzene rings is 1. The van der Waals surface area contributed by atoms with Crippen molar-refractivity contribution in [2.24, 2.45) is 0 Å². The molecule has 0 fully saturated rings. The van der Waals surface area contributed by atoms with E-state index < -0.39 is 12.1 Å².